The van der Waals surface area contributed by atoms with Crippen molar-refractivity contribution in [3.63, 3.8) is 0 Å². The molecule has 0 bridgehead atoms. The SMILES string of the molecule is CC(N)CCN(C)Cc1ccc2c(c1)NC(=O)CO2. The van der Waals surface area contributed by atoms with Crippen LogP contribution in [0.15, 0.2) is 18.2 Å². The maximum atomic E-state index is 11.3. The molecular weight excluding hydrogens is 242 g/mol. The van der Waals surface area contributed by atoms with Crippen LogP contribution in [0.1, 0.15) is 18.9 Å². The van der Waals surface area contributed by atoms with Crippen LogP contribution in [-0.2, 0) is 11.3 Å². The third kappa shape index (κ3) is 3.94. The second kappa shape index (κ2) is 6.04. The van der Waals surface area contributed by atoms with Gasteiger partial charge in [0.2, 0.25) is 0 Å². The fourth-order valence-corrected chi connectivity index (χ4v) is 2.04. The third-order valence-electron chi connectivity index (χ3n) is 3.10. The smallest absolute Gasteiger partial charge is 0.262 e. The van der Waals surface area contributed by atoms with E-state index in [1.54, 1.807) is 0 Å². The molecule has 0 saturated carbocycles. The largest absolute Gasteiger partial charge is 0.482 e. The molecule has 2 rings (SSSR count). The van der Waals surface area contributed by atoms with E-state index in [0.717, 1.165) is 36.5 Å². The zero-order chi connectivity index (χ0) is 13.8. The maximum Gasteiger partial charge on any atom is 0.262 e. The second-order valence-corrected chi connectivity index (χ2v) is 5.17. The number of carbonyl (C=O) groups excluding carboxylic acids is 1. The van der Waals surface area contributed by atoms with Gasteiger partial charge in [-0.05, 0) is 44.6 Å². The lowest BCUT2D eigenvalue weighted by Crippen LogP contribution is -2.27. The summed E-state index contributed by atoms with van der Waals surface area (Å²) in [5, 5.41) is 2.82. The molecule has 0 aliphatic carbocycles. The summed E-state index contributed by atoms with van der Waals surface area (Å²) in [6.07, 6.45) is 0.973. The Morgan fingerprint density at radius 1 is 1.53 bits per heavy atom. The van der Waals surface area contributed by atoms with Crippen molar-refractivity contribution in [1.82, 2.24) is 4.90 Å². The Labute approximate surface area is 113 Å². The Balaban J connectivity index is 1.97. The number of rotatable bonds is 5. The topological polar surface area (TPSA) is 67.6 Å². The standard InChI is InChI=1S/C14H21N3O2/c1-10(15)5-6-17(2)8-11-3-4-13-12(7-11)16-14(18)9-19-13/h3-4,7,10H,5-6,8-9,15H2,1-2H3,(H,16,18). The molecule has 1 atom stereocenters. The molecule has 1 aliphatic heterocycles. The van der Waals surface area contributed by atoms with E-state index >= 15 is 0 Å². The van der Waals surface area contributed by atoms with Crippen LogP contribution in [0.25, 0.3) is 0 Å². The lowest BCUT2D eigenvalue weighted by molar-refractivity contribution is -0.118. The lowest BCUT2D eigenvalue weighted by Gasteiger charge is -2.21. The first-order valence-corrected chi connectivity index (χ1v) is 6.54. The van der Waals surface area contributed by atoms with Crippen molar-refractivity contribution in [2.45, 2.75) is 25.9 Å². The first-order chi connectivity index (χ1) is 9.04. The van der Waals surface area contributed by atoms with Crippen LogP contribution in [0, 0.1) is 0 Å². The van der Waals surface area contributed by atoms with Gasteiger partial charge in [-0.15, -0.1) is 0 Å². The van der Waals surface area contributed by atoms with Gasteiger partial charge in [0, 0.05) is 12.6 Å². The molecule has 104 valence electrons. The number of fused-ring (bicyclic) bond motifs is 1. The number of nitrogens with two attached hydrogens (primary N) is 1. The van der Waals surface area contributed by atoms with Gasteiger partial charge < -0.3 is 20.7 Å². The van der Waals surface area contributed by atoms with Crippen LogP contribution in [-0.4, -0.2) is 37.0 Å². The number of nitrogens with zero attached hydrogens (tertiary/aromatic N) is 1. The fourth-order valence-electron chi connectivity index (χ4n) is 2.04. The van der Waals surface area contributed by atoms with Crippen LogP contribution in [0.4, 0.5) is 5.69 Å². The number of ether oxygens (including phenoxy) is 1. The minimum atomic E-state index is -0.102. The Morgan fingerprint density at radius 2 is 2.32 bits per heavy atom. The summed E-state index contributed by atoms with van der Waals surface area (Å²) in [5.41, 5.74) is 7.66. The van der Waals surface area contributed by atoms with E-state index in [-0.39, 0.29) is 18.6 Å². The lowest BCUT2D eigenvalue weighted by atomic mass is 10.1. The molecule has 1 amide bonds. The molecular formula is C14H21N3O2. The number of anilines is 1. The molecule has 1 aromatic rings. The Morgan fingerprint density at radius 3 is 3.05 bits per heavy atom. The van der Waals surface area contributed by atoms with Gasteiger partial charge in [-0.2, -0.15) is 0 Å². The van der Waals surface area contributed by atoms with Gasteiger partial charge in [-0.1, -0.05) is 6.07 Å². The highest BCUT2D eigenvalue weighted by Gasteiger charge is 2.16. The molecule has 1 unspecified atom stereocenters. The number of nitrogens with one attached hydrogen (secondary N) is 1. The predicted molar refractivity (Wildman–Crippen MR) is 75.2 cm³/mol. The summed E-state index contributed by atoms with van der Waals surface area (Å²) in [7, 11) is 2.07. The number of hydrogen-bond donors (Lipinski definition) is 2. The molecule has 0 saturated heterocycles. The minimum absolute atomic E-state index is 0.0979. The first-order valence-electron chi connectivity index (χ1n) is 6.54. The van der Waals surface area contributed by atoms with Gasteiger partial charge in [0.1, 0.15) is 5.75 Å². The van der Waals surface area contributed by atoms with Crippen LogP contribution in [0.5, 0.6) is 5.75 Å². The Kier molecular flexibility index (Phi) is 4.39. The van der Waals surface area contributed by atoms with Crippen LogP contribution >= 0.6 is 0 Å². The van der Waals surface area contributed by atoms with E-state index in [4.69, 9.17) is 10.5 Å². The predicted octanol–water partition coefficient (Wildman–Crippen LogP) is 1.19. The molecule has 0 fully saturated rings. The second-order valence-electron chi connectivity index (χ2n) is 5.17. The number of hydrogen-bond acceptors (Lipinski definition) is 4. The molecule has 1 heterocycles. The summed E-state index contributed by atoms with van der Waals surface area (Å²) in [5.74, 6) is 0.636. The zero-order valence-corrected chi connectivity index (χ0v) is 11.5. The number of carbonyl (C=O) groups is 1. The average molecular weight is 263 g/mol. The highest BCUT2D eigenvalue weighted by molar-refractivity contribution is 5.95. The molecule has 1 aliphatic rings. The zero-order valence-electron chi connectivity index (χ0n) is 11.5. The van der Waals surface area contributed by atoms with Gasteiger partial charge in [0.05, 0.1) is 5.69 Å². The monoisotopic (exact) mass is 263 g/mol. The van der Waals surface area contributed by atoms with Gasteiger partial charge >= 0.3 is 0 Å². The normalized spacial score (nSPS) is 15.7. The summed E-state index contributed by atoms with van der Waals surface area (Å²) in [6, 6.07) is 6.12. The van der Waals surface area contributed by atoms with Crippen molar-refractivity contribution >= 4 is 11.6 Å². The molecule has 3 N–H and O–H groups in total. The number of amides is 1. The molecule has 5 heteroatoms. The van der Waals surface area contributed by atoms with Gasteiger partial charge in [0.25, 0.3) is 5.91 Å². The maximum absolute atomic E-state index is 11.3. The van der Waals surface area contributed by atoms with Crippen molar-refractivity contribution in [3.05, 3.63) is 23.8 Å². The molecule has 0 aromatic heterocycles. The fraction of sp³-hybridized carbons (Fsp3) is 0.500. The van der Waals surface area contributed by atoms with Crippen LogP contribution in [0.2, 0.25) is 0 Å². The Hall–Kier alpha value is -1.59. The van der Waals surface area contributed by atoms with Crippen molar-refractivity contribution in [1.29, 1.82) is 0 Å². The first kappa shape index (κ1) is 13.8. The third-order valence-corrected chi connectivity index (χ3v) is 3.10. The highest BCUT2D eigenvalue weighted by Crippen LogP contribution is 2.28. The van der Waals surface area contributed by atoms with E-state index < -0.39 is 0 Å². The van der Waals surface area contributed by atoms with Crippen LogP contribution in [0.3, 0.4) is 0 Å². The van der Waals surface area contributed by atoms with Gasteiger partial charge in [0.15, 0.2) is 6.61 Å². The van der Waals surface area contributed by atoms with Gasteiger partial charge in [-0.3, -0.25) is 4.79 Å². The van der Waals surface area contributed by atoms with Crippen molar-refractivity contribution in [2.75, 3.05) is 25.5 Å². The van der Waals surface area contributed by atoms with Gasteiger partial charge in [-0.25, -0.2) is 0 Å². The van der Waals surface area contributed by atoms with E-state index in [9.17, 15) is 4.79 Å². The molecule has 0 radical (unpaired) electrons. The average Bonchev–Trinajstić information content (AvgIpc) is 2.36. The minimum Gasteiger partial charge on any atom is -0.482 e. The summed E-state index contributed by atoms with van der Waals surface area (Å²) < 4.78 is 5.33. The highest BCUT2D eigenvalue weighted by atomic mass is 16.5. The summed E-state index contributed by atoms with van der Waals surface area (Å²) >= 11 is 0. The molecule has 0 spiro atoms. The van der Waals surface area contributed by atoms with Crippen molar-refractivity contribution in [3.8, 4) is 5.75 Å². The summed E-state index contributed by atoms with van der Waals surface area (Å²) in [4.78, 5) is 13.5. The quantitative estimate of drug-likeness (QED) is 0.837. The van der Waals surface area contributed by atoms with Crippen molar-refractivity contribution < 1.29 is 9.53 Å². The van der Waals surface area contributed by atoms with E-state index in [1.165, 1.54) is 0 Å². The summed E-state index contributed by atoms with van der Waals surface area (Å²) in [6.45, 7) is 3.90. The molecule has 5 nitrogen and oxygen atoms in total. The van der Waals surface area contributed by atoms with E-state index in [1.807, 2.05) is 25.1 Å². The van der Waals surface area contributed by atoms with Crippen LogP contribution < -0.4 is 15.8 Å². The Bertz CT molecular complexity index is 460. The molecule has 1 aromatic carbocycles. The van der Waals surface area contributed by atoms with Crippen molar-refractivity contribution in [2.24, 2.45) is 5.73 Å². The van der Waals surface area contributed by atoms with E-state index in [2.05, 4.69) is 17.3 Å². The number of benzene rings is 1. The van der Waals surface area contributed by atoms with E-state index in [0.29, 0.717) is 0 Å². The molecule has 19 heavy (non-hydrogen) atoms.